The van der Waals surface area contributed by atoms with Crippen molar-refractivity contribution in [2.45, 2.75) is 19.3 Å². The van der Waals surface area contributed by atoms with Crippen LogP contribution in [-0.2, 0) is 4.79 Å². The summed E-state index contributed by atoms with van der Waals surface area (Å²) in [6.07, 6.45) is 2.49. The summed E-state index contributed by atoms with van der Waals surface area (Å²) >= 11 is 0. The predicted molar refractivity (Wildman–Crippen MR) is 82.3 cm³/mol. The van der Waals surface area contributed by atoms with Crippen molar-refractivity contribution >= 4 is 17.0 Å². The number of benzene rings is 2. The number of hydrogen-bond donors (Lipinski definition) is 1. The normalized spacial score (nSPS) is 15.3. The van der Waals surface area contributed by atoms with Crippen molar-refractivity contribution in [3.63, 3.8) is 0 Å². The number of carbonyl (C=O) groups is 1. The fraction of sp³-hybridized carbons (Fsp3) is 0.167. The molecule has 2 heteroatoms. The molecule has 0 fully saturated rings. The molecule has 0 spiro atoms. The standard InChI is InChI=1S/C18H17NO/c20-17-13-7-12-16(19-15-10-5-2-6-11-15)18(17)14-8-3-1-4-9-14/h1-6,8-11,19H,7,12-13H2. The largest absolute Gasteiger partial charge is 0.358 e. The van der Waals surface area contributed by atoms with E-state index in [1.807, 2.05) is 60.7 Å². The van der Waals surface area contributed by atoms with E-state index in [-0.39, 0.29) is 5.78 Å². The molecule has 20 heavy (non-hydrogen) atoms. The molecule has 0 unspecified atom stereocenters. The summed E-state index contributed by atoms with van der Waals surface area (Å²) in [6.45, 7) is 0. The SMILES string of the molecule is O=C1CCCC(Nc2ccccc2)=C1c1ccccc1. The zero-order chi connectivity index (χ0) is 13.8. The lowest BCUT2D eigenvalue weighted by atomic mass is 9.89. The van der Waals surface area contributed by atoms with Gasteiger partial charge in [0.05, 0.1) is 0 Å². The zero-order valence-corrected chi connectivity index (χ0v) is 11.3. The smallest absolute Gasteiger partial charge is 0.165 e. The molecule has 0 aliphatic heterocycles. The summed E-state index contributed by atoms with van der Waals surface area (Å²) in [5, 5.41) is 3.42. The molecule has 0 radical (unpaired) electrons. The number of nitrogens with one attached hydrogen (secondary N) is 1. The van der Waals surface area contributed by atoms with Gasteiger partial charge in [-0.15, -0.1) is 0 Å². The molecule has 2 aromatic rings. The maximum Gasteiger partial charge on any atom is 0.165 e. The Labute approximate surface area is 119 Å². The van der Waals surface area contributed by atoms with Crippen LogP contribution in [0.1, 0.15) is 24.8 Å². The van der Waals surface area contributed by atoms with Crippen molar-refractivity contribution in [1.29, 1.82) is 0 Å². The Hall–Kier alpha value is -2.35. The van der Waals surface area contributed by atoms with E-state index >= 15 is 0 Å². The van der Waals surface area contributed by atoms with Gasteiger partial charge in [0.25, 0.3) is 0 Å². The lowest BCUT2D eigenvalue weighted by Crippen LogP contribution is -2.15. The molecule has 0 aromatic heterocycles. The molecule has 0 saturated carbocycles. The van der Waals surface area contributed by atoms with Crippen molar-refractivity contribution in [3.05, 3.63) is 71.9 Å². The van der Waals surface area contributed by atoms with Gasteiger partial charge in [-0.3, -0.25) is 4.79 Å². The van der Waals surface area contributed by atoms with Gasteiger partial charge in [0.15, 0.2) is 5.78 Å². The Morgan fingerprint density at radius 3 is 2.15 bits per heavy atom. The summed E-state index contributed by atoms with van der Waals surface area (Å²) in [6, 6.07) is 20.0. The summed E-state index contributed by atoms with van der Waals surface area (Å²) < 4.78 is 0. The average molecular weight is 263 g/mol. The molecule has 0 saturated heterocycles. The topological polar surface area (TPSA) is 29.1 Å². The van der Waals surface area contributed by atoms with Crippen LogP contribution in [0.15, 0.2) is 66.4 Å². The Morgan fingerprint density at radius 2 is 1.45 bits per heavy atom. The third-order valence-corrected chi connectivity index (χ3v) is 3.54. The molecular weight excluding hydrogens is 246 g/mol. The van der Waals surface area contributed by atoms with Gasteiger partial charge in [0.2, 0.25) is 0 Å². The molecule has 100 valence electrons. The molecule has 3 rings (SSSR count). The highest BCUT2D eigenvalue weighted by Gasteiger charge is 2.21. The quantitative estimate of drug-likeness (QED) is 0.896. The van der Waals surface area contributed by atoms with Crippen molar-refractivity contribution in [1.82, 2.24) is 0 Å². The monoisotopic (exact) mass is 263 g/mol. The third-order valence-electron chi connectivity index (χ3n) is 3.54. The average Bonchev–Trinajstić information content (AvgIpc) is 2.49. The molecule has 1 aliphatic carbocycles. The van der Waals surface area contributed by atoms with Crippen LogP contribution in [0.4, 0.5) is 5.69 Å². The maximum atomic E-state index is 12.3. The summed E-state index contributed by atoms with van der Waals surface area (Å²) in [5.41, 5.74) is 3.93. The number of ketones is 1. The number of hydrogen-bond acceptors (Lipinski definition) is 2. The van der Waals surface area contributed by atoms with Crippen LogP contribution in [0, 0.1) is 0 Å². The minimum atomic E-state index is 0.237. The van der Waals surface area contributed by atoms with Gasteiger partial charge in [-0.05, 0) is 30.5 Å². The number of carbonyl (C=O) groups excluding carboxylic acids is 1. The van der Waals surface area contributed by atoms with Crippen LogP contribution < -0.4 is 5.32 Å². The van der Waals surface area contributed by atoms with Crippen LogP contribution in [0.5, 0.6) is 0 Å². The summed E-state index contributed by atoms with van der Waals surface area (Å²) in [7, 11) is 0. The van der Waals surface area contributed by atoms with Crippen molar-refractivity contribution in [3.8, 4) is 0 Å². The number of para-hydroxylation sites is 1. The molecule has 0 bridgehead atoms. The zero-order valence-electron chi connectivity index (χ0n) is 11.3. The molecule has 2 aromatic carbocycles. The van der Waals surface area contributed by atoms with Crippen LogP contribution in [0.2, 0.25) is 0 Å². The van der Waals surface area contributed by atoms with Crippen molar-refractivity contribution in [2.24, 2.45) is 0 Å². The second-order valence-corrected chi connectivity index (χ2v) is 4.99. The first-order valence-corrected chi connectivity index (χ1v) is 6.98. The Morgan fingerprint density at radius 1 is 0.800 bits per heavy atom. The van der Waals surface area contributed by atoms with Crippen LogP contribution in [0.3, 0.4) is 0 Å². The number of allylic oxidation sites excluding steroid dienone is 2. The molecular formula is C18H17NO. The highest BCUT2D eigenvalue weighted by Crippen LogP contribution is 2.30. The Bertz CT molecular complexity index is 629. The van der Waals surface area contributed by atoms with Gasteiger partial charge in [-0.2, -0.15) is 0 Å². The fourth-order valence-corrected chi connectivity index (χ4v) is 2.60. The molecule has 0 amide bonds. The molecule has 1 N–H and O–H groups in total. The number of rotatable bonds is 3. The second kappa shape index (κ2) is 5.74. The lowest BCUT2D eigenvalue weighted by Gasteiger charge is -2.21. The van der Waals surface area contributed by atoms with E-state index in [4.69, 9.17) is 0 Å². The Balaban J connectivity index is 2.01. The van der Waals surface area contributed by atoms with E-state index in [2.05, 4.69) is 5.32 Å². The minimum Gasteiger partial charge on any atom is -0.358 e. The van der Waals surface area contributed by atoms with E-state index in [0.717, 1.165) is 35.4 Å². The highest BCUT2D eigenvalue weighted by molar-refractivity contribution is 6.22. The molecule has 1 aliphatic rings. The lowest BCUT2D eigenvalue weighted by molar-refractivity contribution is -0.114. The van der Waals surface area contributed by atoms with Crippen molar-refractivity contribution in [2.75, 3.05) is 5.32 Å². The molecule has 0 heterocycles. The van der Waals surface area contributed by atoms with Gasteiger partial charge >= 0.3 is 0 Å². The van der Waals surface area contributed by atoms with Crippen LogP contribution >= 0.6 is 0 Å². The number of Topliss-reactive ketones (excluding diaryl/α,β-unsaturated/α-hetero) is 1. The molecule has 2 nitrogen and oxygen atoms in total. The summed E-state index contributed by atoms with van der Waals surface area (Å²) in [5.74, 6) is 0.237. The first-order chi connectivity index (χ1) is 9.84. The minimum absolute atomic E-state index is 0.237. The highest BCUT2D eigenvalue weighted by atomic mass is 16.1. The first kappa shape index (κ1) is 12.7. The van der Waals surface area contributed by atoms with Gasteiger partial charge in [0, 0.05) is 23.4 Å². The van der Waals surface area contributed by atoms with E-state index in [1.54, 1.807) is 0 Å². The van der Waals surface area contributed by atoms with Crippen LogP contribution in [0.25, 0.3) is 5.57 Å². The van der Waals surface area contributed by atoms with E-state index in [9.17, 15) is 4.79 Å². The van der Waals surface area contributed by atoms with Gasteiger partial charge in [0.1, 0.15) is 0 Å². The summed E-state index contributed by atoms with van der Waals surface area (Å²) in [4.78, 5) is 12.3. The van der Waals surface area contributed by atoms with Crippen molar-refractivity contribution < 1.29 is 4.79 Å². The van der Waals surface area contributed by atoms with Gasteiger partial charge in [-0.1, -0.05) is 48.5 Å². The van der Waals surface area contributed by atoms with E-state index in [0.29, 0.717) is 6.42 Å². The van der Waals surface area contributed by atoms with Crippen LogP contribution in [-0.4, -0.2) is 5.78 Å². The second-order valence-electron chi connectivity index (χ2n) is 4.99. The molecule has 0 atom stereocenters. The van der Waals surface area contributed by atoms with Gasteiger partial charge < -0.3 is 5.32 Å². The van der Waals surface area contributed by atoms with E-state index in [1.165, 1.54) is 0 Å². The number of anilines is 1. The van der Waals surface area contributed by atoms with Gasteiger partial charge in [-0.25, -0.2) is 0 Å². The Kier molecular flexibility index (Phi) is 3.64. The predicted octanol–water partition coefficient (Wildman–Crippen LogP) is 4.26. The maximum absolute atomic E-state index is 12.3. The fourth-order valence-electron chi connectivity index (χ4n) is 2.60. The third kappa shape index (κ3) is 2.64. The first-order valence-electron chi connectivity index (χ1n) is 6.98. The van der Waals surface area contributed by atoms with E-state index < -0.39 is 0 Å².